The summed E-state index contributed by atoms with van der Waals surface area (Å²) in [7, 11) is 3.03. The molecule has 1 N–H and O–H groups in total. The summed E-state index contributed by atoms with van der Waals surface area (Å²) < 4.78 is 5.83. The van der Waals surface area contributed by atoms with Crippen LogP contribution >= 0.6 is 12.2 Å². The molecule has 0 unspecified atom stereocenters. The van der Waals surface area contributed by atoms with Crippen molar-refractivity contribution in [2.24, 2.45) is 0 Å². The number of likely N-dealkylation sites (N-methyl/N-ethyl adjacent to an activating group) is 2. The van der Waals surface area contributed by atoms with Crippen molar-refractivity contribution in [3.63, 3.8) is 0 Å². The maximum Gasteiger partial charge on any atom is 0.335 e. The van der Waals surface area contributed by atoms with Crippen LogP contribution in [0.1, 0.15) is 21.5 Å². The van der Waals surface area contributed by atoms with Gasteiger partial charge in [-0.05, 0) is 42.1 Å². The third-order valence-corrected chi connectivity index (χ3v) is 4.98. The number of carboxylic acid groups (broad SMARTS) is 1. The van der Waals surface area contributed by atoms with Gasteiger partial charge in [0, 0.05) is 19.7 Å². The molecule has 7 nitrogen and oxygen atoms in total. The van der Waals surface area contributed by atoms with E-state index >= 15 is 0 Å². The number of carbonyl (C=O) groups excluding carboxylic acids is 2. The second-order valence-corrected chi connectivity index (χ2v) is 6.77. The number of aromatic carboxylic acids is 1. The Balaban J connectivity index is 1.87. The minimum atomic E-state index is -1.02. The molecule has 2 aromatic rings. The number of benzene rings is 2. The minimum absolute atomic E-state index is 0.0208. The lowest BCUT2D eigenvalue weighted by molar-refractivity contribution is -0.132. The summed E-state index contributed by atoms with van der Waals surface area (Å²) in [6.07, 6.45) is 1.47. The van der Waals surface area contributed by atoms with E-state index in [1.54, 1.807) is 36.4 Å². The third kappa shape index (κ3) is 4.17. The zero-order chi connectivity index (χ0) is 21.1. The van der Waals surface area contributed by atoms with E-state index in [1.165, 1.54) is 42.1 Å². The largest absolute Gasteiger partial charge is 0.488 e. The fraction of sp³-hybridized carbons (Fsp3) is 0.143. The van der Waals surface area contributed by atoms with Crippen molar-refractivity contribution in [2.45, 2.75) is 6.61 Å². The molecule has 1 heterocycles. The van der Waals surface area contributed by atoms with Gasteiger partial charge in [0.1, 0.15) is 17.9 Å². The quantitative estimate of drug-likeness (QED) is 0.463. The van der Waals surface area contributed by atoms with Gasteiger partial charge in [-0.15, -0.1) is 0 Å². The Labute approximate surface area is 172 Å². The van der Waals surface area contributed by atoms with Crippen LogP contribution in [0.15, 0.2) is 54.1 Å². The number of rotatable bonds is 5. The fourth-order valence-electron chi connectivity index (χ4n) is 2.82. The first-order valence-corrected chi connectivity index (χ1v) is 9.06. The first-order valence-electron chi connectivity index (χ1n) is 8.65. The van der Waals surface area contributed by atoms with Crippen molar-refractivity contribution >= 4 is 41.2 Å². The van der Waals surface area contributed by atoms with Crippen LogP contribution in [-0.2, 0) is 16.2 Å². The lowest BCUT2D eigenvalue weighted by Crippen LogP contribution is -2.52. The van der Waals surface area contributed by atoms with E-state index in [-0.39, 0.29) is 22.9 Å². The number of nitrogens with zero attached hydrogens (tertiary/aromatic N) is 2. The first kappa shape index (κ1) is 20.2. The van der Waals surface area contributed by atoms with Crippen LogP contribution in [0.4, 0.5) is 0 Å². The molecule has 1 aliphatic heterocycles. The van der Waals surface area contributed by atoms with Gasteiger partial charge in [-0.3, -0.25) is 19.4 Å². The number of hydrogen-bond donors (Lipinski definition) is 1. The van der Waals surface area contributed by atoms with Gasteiger partial charge in [-0.2, -0.15) is 0 Å². The molecule has 8 heteroatoms. The molecule has 0 aromatic heterocycles. The number of ether oxygens (including phenoxy) is 1. The van der Waals surface area contributed by atoms with E-state index in [0.717, 1.165) is 0 Å². The molecular formula is C21H18N2O5S. The predicted octanol–water partition coefficient (Wildman–Crippen LogP) is 2.56. The van der Waals surface area contributed by atoms with Crippen LogP contribution in [-0.4, -0.2) is 51.9 Å². The molecule has 0 atom stereocenters. The van der Waals surface area contributed by atoms with E-state index in [1.807, 2.05) is 0 Å². The molecule has 0 bridgehead atoms. The summed E-state index contributed by atoms with van der Waals surface area (Å²) in [5.41, 5.74) is 1.38. The number of para-hydroxylation sites is 1. The van der Waals surface area contributed by atoms with E-state index in [0.29, 0.717) is 16.9 Å². The Bertz CT molecular complexity index is 1020. The lowest BCUT2D eigenvalue weighted by Gasteiger charge is -2.31. The molecule has 1 fully saturated rings. The van der Waals surface area contributed by atoms with Crippen molar-refractivity contribution in [1.29, 1.82) is 0 Å². The van der Waals surface area contributed by atoms with Crippen molar-refractivity contribution < 1.29 is 24.2 Å². The Morgan fingerprint density at radius 3 is 2.38 bits per heavy atom. The number of amides is 2. The Kier molecular flexibility index (Phi) is 5.74. The van der Waals surface area contributed by atoms with Gasteiger partial charge in [0.15, 0.2) is 5.11 Å². The Hall–Kier alpha value is -3.52. The van der Waals surface area contributed by atoms with Gasteiger partial charge < -0.3 is 9.84 Å². The highest BCUT2D eigenvalue weighted by Crippen LogP contribution is 2.25. The summed E-state index contributed by atoms with van der Waals surface area (Å²) in [6.45, 7) is 0.132. The van der Waals surface area contributed by atoms with Gasteiger partial charge in [0.2, 0.25) is 0 Å². The maximum atomic E-state index is 12.5. The smallest absolute Gasteiger partial charge is 0.335 e. The highest BCUT2D eigenvalue weighted by molar-refractivity contribution is 7.80. The molecule has 2 aromatic carbocycles. The standard InChI is InChI=1S/C21H18N2O5S/c1-22-18(24)16(19(25)23(2)21(22)29)11-14-7-3-4-9-17(14)28-12-13-6-5-8-15(10-13)20(26)27/h3-11H,12H2,1-2H3,(H,26,27). The molecule has 0 saturated carbocycles. The normalized spacial score (nSPS) is 14.3. The maximum absolute atomic E-state index is 12.5. The van der Waals surface area contributed by atoms with Crippen molar-refractivity contribution in [3.8, 4) is 5.75 Å². The average Bonchev–Trinajstić information content (AvgIpc) is 2.73. The molecule has 3 rings (SSSR count). The molecule has 29 heavy (non-hydrogen) atoms. The molecule has 0 spiro atoms. The van der Waals surface area contributed by atoms with Crippen molar-refractivity contribution in [1.82, 2.24) is 9.80 Å². The SMILES string of the molecule is CN1C(=O)C(=Cc2ccccc2OCc2cccc(C(=O)O)c2)C(=O)N(C)C1=S. The highest BCUT2D eigenvalue weighted by atomic mass is 32.1. The highest BCUT2D eigenvalue weighted by Gasteiger charge is 2.35. The van der Waals surface area contributed by atoms with Gasteiger partial charge >= 0.3 is 5.97 Å². The van der Waals surface area contributed by atoms with Crippen LogP contribution < -0.4 is 4.74 Å². The fourth-order valence-corrected chi connectivity index (χ4v) is 2.98. The van der Waals surface area contributed by atoms with Gasteiger partial charge in [0.05, 0.1) is 5.56 Å². The predicted molar refractivity (Wildman–Crippen MR) is 110 cm³/mol. The van der Waals surface area contributed by atoms with Crippen LogP contribution in [0.5, 0.6) is 5.75 Å². The van der Waals surface area contributed by atoms with Gasteiger partial charge in [-0.25, -0.2) is 4.79 Å². The Morgan fingerprint density at radius 1 is 1.07 bits per heavy atom. The zero-order valence-corrected chi connectivity index (χ0v) is 16.6. The molecule has 148 valence electrons. The zero-order valence-electron chi connectivity index (χ0n) is 15.8. The van der Waals surface area contributed by atoms with Crippen LogP contribution in [0.3, 0.4) is 0 Å². The summed E-state index contributed by atoms with van der Waals surface area (Å²) in [5, 5.41) is 9.24. The number of carbonyl (C=O) groups is 3. The number of carboxylic acids is 1. The van der Waals surface area contributed by atoms with Crippen LogP contribution in [0.25, 0.3) is 6.08 Å². The van der Waals surface area contributed by atoms with E-state index in [4.69, 9.17) is 22.1 Å². The first-order chi connectivity index (χ1) is 13.8. The molecule has 1 saturated heterocycles. The van der Waals surface area contributed by atoms with Crippen molar-refractivity contribution in [2.75, 3.05) is 14.1 Å². The minimum Gasteiger partial charge on any atom is -0.488 e. The lowest BCUT2D eigenvalue weighted by atomic mass is 10.1. The summed E-state index contributed by atoms with van der Waals surface area (Å²) in [6, 6.07) is 13.4. The van der Waals surface area contributed by atoms with Crippen LogP contribution in [0, 0.1) is 0 Å². The van der Waals surface area contributed by atoms with Crippen molar-refractivity contribution in [3.05, 3.63) is 70.8 Å². The third-order valence-electron chi connectivity index (χ3n) is 4.43. The van der Waals surface area contributed by atoms with Crippen LogP contribution in [0.2, 0.25) is 0 Å². The van der Waals surface area contributed by atoms with E-state index in [2.05, 4.69) is 0 Å². The van der Waals surface area contributed by atoms with E-state index in [9.17, 15) is 14.4 Å². The van der Waals surface area contributed by atoms with E-state index < -0.39 is 17.8 Å². The van der Waals surface area contributed by atoms with Gasteiger partial charge in [0.25, 0.3) is 11.8 Å². The number of hydrogen-bond acceptors (Lipinski definition) is 5. The molecular weight excluding hydrogens is 392 g/mol. The molecule has 1 aliphatic rings. The number of thiocarbonyl (C=S) groups is 1. The average molecular weight is 410 g/mol. The molecule has 0 aliphatic carbocycles. The second-order valence-electron chi connectivity index (χ2n) is 6.40. The Morgan fingerprint density at radius 2 is 1.72 bits per heavy atom. The molecule has 0 radical (unpaired) electrons. The summed E-state index contributed by atoms with van der Waals surface area (Å²) >= 11 is 5.09. The van der Waals surface area contributed by atoms with Gasteiger partial charge in [-0.1, -0.05) is 30.3 Å². The summed E-state index contributed by atoms with van der Waals surface area (Å²) in [5.74, 6) is -1.53. The molecule has 2 amide bonds. The monoisotopic (exact) mass is 410 g/mol. The summed E-state index contributed by atoms with van der Waals surface area (Å²) in [4.78, 5) is 38.6. The topological polar surface area (TPSA) is 87.1 Å². The second kappa shape index (κ2) is 8.24.